The van der Waals surface area contributed by atoms with Gasteiger partial charge < -0.3 is 11.1 Å². The Kier molecular flexibility index (Phi) is 4.83. The number of fused-ring (bicyclic) bond motifs is 1. The van der Waals surface area contributed by atoms with Crippen molar-refractivity contribution in [1.29, 1.82) is 0 Å². The van der Waals surface area contributed by atoms with Gasteiger partial charge in [0.15, 0.2) is 15.5 Å². The second-order valence-electron chi connectivity index (χ2n) is 5.98. The lowest BCUT2D eigenvalue weighted by Crippen LogP contribution is -2.18. The number of nitrogens with two attached hydrogens (primary N) is 1. The normalized spacial score (nSPS) is 11.7. The summed E-state index contributed by atoms with van der Waals surface area (Å²) in [5.41, 5.74) is 6.82. The van der Waals surface area contributed by atoms with Crippen LogP contribution < -0.4 is 11.1 Å². The van der Waals surface area contributed by atoms with E-state index in [0.29, 0.717) is 34.5 Å². The van der Waals surface area contributed by atoms with Gasteiger partial charge in [0.05, 0.1) is 28.0 Å². The molecule has 0 aliphatic carbocycles. The van der Waals surface area contributed by atoms with Crippen molar-refractivity contribution in [2.24, 2.45) is 5.73 Å². The first-order valence-corrected chi connectivity index (χ1v) is 10.1. The van der Waals surface area contributed by atoms with Gasteiger partial charge in [0.2, 0.25) is 0 Å². The van der Waals surface area contributed by atoms with Gasteiger partial charge in [0.25, 0.3) is 5.91 Å². The summed E-state index contributed by atoms with van der Waals surface area (Å²) in [4.78, 5) is 12.1. The predicted octanol–water partition coefficient (Wildman–Crippen LogP) is 1.79. The van der Waals surface area contributed by atoms with E-state index in [9.17, 15) is 13.2 Å². The Morgan fingerprint density at radius 1 is 1.26 bits per heavy atom. The number of carbonyl (C=O) groups is 1. The molecule has 0 aliphatic heterocycles. The fraction of sp³-hybridized carbons (Fsp3) is 0.294. The predicted molar refractivity (Wildman–Crippen MR) is 102 cm³/mol. The number of nitrogens with one attached hydrogen (secondary N) is 1. The van der Waals surface area contributed by atoms with Crippen LogP contribution in [-0.2, 0) is 16.4 Å². The quantitative estimate of drug-likeness (QED) is 0.657. The maximum atomic E-state index is 12.4. The zero-order valence-electron chi connectivity index (χ0n) is 15.2. The minimum absolute atomic E-state index is 0.0372. The van der Waals surface area contributed by atoms with E-state index in [1.807, 2.05) is 6.92 Å². The van der Waals surface area contributed by atoms with Gasteiger partial charge in [-0.25, -0.2) is 13.1 Å². The summed E-state index contributed by atoms with van der Waals surface area (Å²) < 4.78 is 26.5. The third kappa shape index (κ3) is 3.35. The van der Waals surface area contributed by atoms with Crippen molar-refractivity contribution in [3.63, 3.8) is 0 Å². The molecule has 0 atom stereocenters. The van der Waals surface area contributed by atoms with E-state index in [1.54, 1.807) is 36.9 Å². The van der Waals surface area contributed by atoms with Gasteiger partial charge in [0, 0.05) is 18.0 Å². The van der Waals surface area contributed by atoms with Crippen molar-refractivity contribution in [2.75, 3.05) is 11.1 Å². The molecule has 1 aromatic carbocycles. The lowest BCUT2D eigenvalue weighted by atomic mass is 10.1. The molecule has 0 bridgehead atoms. The van der Waals surface area contributed by atoms with Crippen LogP contribution in [0.5, 0.6) is 0 Å². The fourth-order valence-electron chi connectivity index (χ4n) is 2.81. The van der Waals surface area contributed by atoms with Gasteiger partial charge in [-0.3, -0.25) is 4.79 Å². The number of sulfone groups is 1. The first kappa shape index (κ1) is 18.8. The molecule has 0 radical (unpaired) electrons. The number of hydrogen-bond donors (Lipinski definition) is 2. The molecule has 27 heavy (non-hydrogen) atoms. The zero-order valence-corrected chi connectivity index (χ0v) is 16.0. The second-order valence-corrected chi connectivity index (χ2v) is 8.26. The molecule has 3 rings (SSSR count). The van der Waals surface area contributed by atoms with Crippen LogP contribution in [0.4, 0.5) is 11.5 Å². The lowest BCUT2D eigenvalue weighted by Gasteiger charge is -2.15. The summed E-state index contributed by atoms with van der Waals surface area (Å²) in [6, 6.07) is 4.79. The molecule has 0 spiro atoms. The Balaban J connectivity index is 2.33. The average molecular weight is 388 g/mol. The maximum absolute atomic E-state index is 12.4. The third-order valence-corrected chi connectivity index (χ3v) is 5.99. The minimum atomic E-state index is -3.45. The van der Waals surface area contributed by atoms with E-state index in [0.717, 1.165) is 0 Å². The van der Waals surface area contributed by atoms with Gasteiger partial charge in [-0.15, -0.1) is 10.2 Å². The van der Waals surface area contributed by atoms with Crippen LogP contribution in [0, 0.1) is 6.92 Å². The molecule has 0 aliphatic rings. The average Bonchev–Trinajstić information content (AvgIpc) is 3.09. The zero-order chi connectivity index (χ0) is 19.8. The smallest absolute Gasteiger partial charge is 0.271 e. The molecular formula is C17H20N6O3S. The van der Waals surface area contributed by atoms with Crippen LogP contribution >= 0.6 is 0 Å². The second kappa shape index (κ2) is 6.95. The van der Waals surface area contributed by atoms with E-state index in [-0.39, 0.29) is 16.3 Å². The van der Waals surface area contributed by atoms with Crippen molar-refractivity contribution >= 4 is 38.2 Å². The van der Waals surface area contributed by atoms with E-state index < -0.39 is 15.7 Å². The number of benzene rings is 1. The van der Waals surface area contributed by atoms with Gasteiger partial charge in [-0.1, -0.05) is 6.92 Å². The van der Waals surface area contributed by atoms with Crippen molar-refractivity contribution in [2.45, 2.75) is 32.2 Å². The minimum Gasteiger partial charge on any atom is -0.364 e. The number of hydrogen-bond acceptors (Lipinski definition) is 7. The lowest BCUT2D eigenvalue weighted by molar-refractivity contribution is 0.0995. The van der Waals surface area contributed by atoms with Crippen LogP contribution in [0.2, 0.25) is 0 Å². The van der Waals surface area contributed by atoms with Crippen LogP contribution in [0.3, 0.4) is 0 Å². The highest BCUT2D eigenvalue weighted by Gasteiger charge is 2.21. The number of anilines is 2. The summed E-state index contributed by atoms with van der Waals surface area (Å²) in [6.45, 7) is 5.85. The molecule has 10 heteroatoms. The Labute approximate surface area is 156 Å². The Hall–Kier alpha value is -3.01. The van der Waals surface area contributed by atoms with Crippen molar-refractivity contribution < 1.29 is 13.2 Å². The molecular weight excluding hydrogens is 368 g/mol. The SMILES string of the molecule is CCn1nccc1Nc1c(C(N)=O)nnc2c(C)cc(S(=O)(=O)CC)cc12. The monoisotopic (exact) mass is 388 g/mol. The third-order valence-electron chi connectivity index (χ3n) is 4.27. The number of aryl methyl sites for hydroxylation is 2. The van der Waals surface area contributed by atoms with E-state index in [1.165, 1.54) is 6.07 Å². The van der Waals surface area contributed by atoms with Crippen LogP contribution in [0.25, 0.3) is 10.9 Å². The highest BCUT2D eigenvalue weighted by molar-refractivity contribution is 7.91. The number of primary amides is 1. The van der Waals surface area contributed by atoms with Gasteiger partial charge in [-0.2, -0.15) is 5.10 Å². The van der Waals surface area contributed by atoms with Gasteiger partial charge >= 0.3 is 0 Å². The molecule has 0 saturated carbocycles. The highest BCUT2D eigenvalue weighted by Crippen LogP contribution is 2.31. The number of rotatable bonds is 6. The van der Waals surface area contributed by atoms with Crippen molar-refractivity contribution in [1.82, 2.24) is 20.0 Å². The van der Waals surface area contributed by atoms with Crippen LogP contribution in [-0.4, -0.2) is 40.1 Å². The molecule has 2 heterocycles. The number of aromatic nitrogens is 4. The summed E-state index contributed by atoms with van der Waals surface area (Å²) in [5.74, 6) is -0.184. The number of nitrogens with zero attached hydrogens (tertiary/aromatic N) is 4. The maximum Gasteiger partial charge on any atom is 0.271 e. The van der Waals surface area contributed by atoms with Gasteiger partial charge in [-0.05, 0) is 31.5 Å². The Morgan fingerprint density at radius 2 is 2.00 bits per heavy atom. The highest BCUT2D eigenvalue weighted by atomic mass is 32.2. The molecule has 9 nitrogen and oxygen atoms in total. The van der Waals surface area contributed by atoms with Crippen molar-refractivity contribution in [3.8, 4) is 0 Å². The summed E-state index contributed by atoms with van der Waals surface area (Å²) in [7, 11) is -3.45. The first-order valence-electron chi connectivity index (χ1n) is 8.41. The topological polar surface area (TPSA) is 133 Å². The standard InChI is InChI=1S/C17H20N6O3S/c1-4-23-13(6-7-19-23)20-15-12-9-11(27(25,26)5-2)8-10(3)14(12)21-22-16(15)17(18)24/h6-9H,4-5H2,1-3H3,(H2,18,24)(H,20,21). The molecule has 3 N–H and O–H groups in total. The molecule has 0 fully saturated rings. The van der Waals surface area contributed by atoms with Crippen LogP contribution in [0.1, 0.15) is 29.9 Å². The molecule has 3 aromatic rings. The number of carbonyl (C=O) groups excluding carboxylic acids is 1. The molecule has 1 amide bonds. The summed E-state index contributed by atoms with van der Waals surface area (Å²) in [6.07, 6.45) is 1.62. The largest absolute Gasteiger partial charge is 0.364 e. The first-order chi connectivity index (χ1) is 12.8. The van der Waals surface area contributed by atoms with E-state index in [2.05, 4.69) is 20.6 Å². The number of amides is 1. The molecule has 142 valence electrons. The Bertz CT molecular complexity index is 1140. The van der Waals surface area contributed by atoms with Crippen molar-refractivity contribution in [3.05, 3.63) is 35.7 Å². The fourth-order valence-corrected chi connectivity index (χ4v) is 3.80. The summed E-state index contributed by atoms with van der Waals surface area (Å²) >= 11 is 0. The van der Waals surface area contributed by atoms with Gasteiger partial charge in [0.1, 0.15) is 5.82 Å². The van der Waals surface area contributed by atoms with Crippen LogP contribution in [0.15, 0.2) is 29.3 Å². The summed E-state index contributed by atoms with van der Waals surface area (Å²) in [5, 5.41) is 15.8. The Morgan fingerprint density at radius 3 is 2.63 bits per heavy atom. The molecule has 2 aromatic heterocycles. The molecule has 0 saturated heterocycles. The molecule has 0 unspecified atom stereocenters. The van der Waals surface area contributed by atoms with E-state index >= 15 is 0 Å². The van der Waals surface area contributed by atoms with E-state index in [4.69, 9.17) is 5.73 Å².